The Bertz CT molecular complexity index is 662. The van der Waals surface area contributed by atoms with Gasteiger partial charge in [-0.25, -0.2) is 0 Å². The molecule has 0 atom stereocenters. The first kappa shape index (κ1) is 19.7. The van der Waals surface area contributed by atoms with Crippen molar-refractivity contribution in [3.8, 4) is 6.07 Å². The molecule has 28 heavy (non-hydrogen) atoms. The molecule has 0 aromatic heterocycles. The van der Waals surface area contributed by atoms with Gasteiger partial charge >= 0.3 is 0 Å². The molecule has 2 saturated heterocycles. The van der Waals surface area contributed by atoms with Crippen LogP contribution in [0.5, 0.6) is 0 Å². The number of nitrogens with zero attached hydrogens (tertiary/aromatic N) is 2. The van der Waals surface area contributed by atoms with Crippen molar-refractivity contribution >= 4 is 5.69 Å². The van der Waals surface area contributed by atoms with Crippen molar-refractivity contribution in [2.45, 2.75) is 45.3 Å². The lowest BCUT2D eigenvalue weighted by atomic mass is 9.82. The SMILES string of the molecule is CC1CCC(CN(CCC2OCC3(CNC3)CO2)c2ccc(C#N)cc2)CC1. The van der Waals surface area contributed by atoms with Crippen LogP contribution in [-0.4, -0.2) is 45.7 Å². The summed E-state index contributed by atoms with van der Waals surface area (Å²) in [6.45, 7) is 8.02. The van der Waals surface area contributed by atoms with E-state index < -0.39 is 0 Å². The molecule has 1 saturated carbocycles. The van der Waals surface area contributed by atoms with E-state index in [1.54, 1.807) is 0 Å². The summed E-state index contributed by atoms with van der Waals surface area (Å²) >= 11 is 0. The molecule has 0 radical (unpaired) electrons. The van der Waals surface area contributed by atoms with Gasteiger partial charge in [-0.3, -0.25) is 0 Å². The highest BCUT2D eigenvalue weighted by atomic mass is 16.7. The first-order chi connectivity index (χ1) is 13.7. The zero-order valence-electron chi connectivity index (χ0n) is 17.0. The monoisotopic (exact) mass is 383 g/mol. The molecule has 4 rings (SSSR count). The van der Waals surface area contributed by atoms with Crippen LogP contribution in [0.3, 0.4) is 0 Å². The fourth-order valence-electron chi connectivity index (χ4n) is 4.64. The molecule has 152 valence electrons. The van der Waals surface area contributed by atoms with Gasteiger partial charge in [0, 0.05) is 43.7 Å². The lowest BCUT2D eigenvalue weighted by Crippen LogP contribution is -2.61. The third kappa shape index (κ3) is 4.68. The molecule has 5 nitrogen and oxygen atoms in total. The van der Waals surface area contributed by atoms with Crippen LogP contribution >= 0.6 is 0 Å². The Labute approximate surface area is 169 Å². The minimum Gasteiger partial charge on any atom is -0.371 e. The van der Waals surface area contributed by atoms with E-state index in [1.165, 1.54) is 31.4 Å². The second-order valence-electron chi connectivity index (χ2n) is 9.17. The summed E-state index contributed by atoms with van der Waals surface area (Å²) < 4.78 is 12.1. The van der Waals surface area contributed by atoms with Gasteiger partial charge in [-0.15, -0.1) is 0 Å². The number of nitrogens with one attached hydrogen (secondary N) is 1. The molecule has 5 heteroatoms. The molecule has 3 fully saturated rings. The smallest absolute Gasteiger partial charge is 0.159 e. The van der Waals surface area contributed by atoms with Gasteiger partial charge in [-0.1, -0.05) is 19.8 Å². The molecule has 1 spiro atoms. The summed E-state index contributed by atoms with van der Waals surface area (Å²) in [5, 5.41) is 12.4. The fraction of sp³-hybridized carbons (Fsp3) is 0.696. The van der Waals surface area contributed by atoms with E-state index >= 15 is 0 Å². The quantitative estimate of drug-likeness (QED) is 0.814. The predicted octanol–water partition coefficient (Wildman–Crippen LogP) is 3.54. The number of rotatable bonds is 6. The van der Waals surface area contributed by atoms with E-state index in [9.17, 15) is 0 Å². The first-order valence-electron chi connectivity index (χ1n) is 10.8. The van der Waals surface area contributed by atoms with Crippen molar-refractivity contribution in [3.63, 3.8) is 0 Å². The summed E-state index contributed by atoms with van der Waals surface area (Å²) in [6.07, 6.45) is 6.11. The summed E-state index contributed by atoms with van der Waals surface area (Å²) in [5.41, 5.74) is 2.14. The molecular weight excluding hydrogens is 350 g/mol. The van der Waals surface area contributed by atoms with Crippen molar-refractivity contribution < 1.29 is 9.47 Å². The molecule has 1 aromatic rings. The van der Waals surface area contributed by atoms with Gasteiger partial charge in [0.2, 0.25) is 0 Å². The Morgan fingerprint density at radius 3 is 2.36 bits per heavy atom. The van der Waals surface area contributed by atoms with Crippen LogP contribution in [0.4, 0.5) is 5.69 Å². The van der Waals surface area contributed by atoms with Gasteiger partial charge in [0.15, 0.2) is 6.29 Å². The van der Waals surface area contributed by atoms with Gasteiger partial charge in [0.05, 0.1) is 24.8 Å². The van der Waals surface area contributed by atoms with Gasteiger partial charge in [-0.2, -0.15) is 5.26 Å². The van der Waals surface area contributed by atoms with Gasteiger partial charge in [-0.05, 0) is 48.9 Å². The second-order valence-corrected chi connectivity index (χ2v) is 9.17. The van der Waals surface area contributed by atoms with E-state index in [1.807, 2.05) is 12.1 Å². The summed E-state index contributed by atoms with van der Waals surface area (Å²) in [7, 11) is 0. The molecule has 2 heterocycles. The van der Waals surface area contributed by atoms with E-state index in [0.29, 0.717) is 5.56 Å². The molecule has 0 amide bonds. The molecule has 1 N–H and O–H groups in total. The van der Waals surface area contributed by atoms with E-state index in [-0.39, 0.29) is 11.7 Å². The first-order valence-corrected chi connectivity index (χ1v) is 10.8. The highest BCUT2D eigenvalue weighted by Gasteiger charge is 2.42. The molecule has 2 aliphatic heterocycles. The Kier molecular flexibility index (Phi) is 6.20. The summed E-state index contributed by atoms with van der Waals surface area (Å²) in [5.74, 6) is 1.63. The zero-order valence-corrected chi connectivity index (χ0v) is 17.0. The van der Waals surface area contributed by atoms with Gasteiger partial charge in [0.25, 0.3) is 0 Å². The zero-order chi connectivity index (χ0) is 19.4. The van der Waals surface area contributed by atoms with Crippen LogP contribution in [0.1, 0.15) is 44.6 Å². The Morgan fingerprint density at radius 1 is 1.11 bits per heavy atom. The minimum absolute atomic E-state index is 0.0986. The average Bonchev–Trinajstić information content (AvgIpc) is 2.72. The molecular formula is C23H33N3O2. The lowest BCUT2D eigenvalue weighted by Gasteiger charge is -2.46. The average molecular weight is 384 g/mol. The highest BCUT2D eigenvalue weighted by molar-refractivity contribution is 5.49. The maximum absolute atomic E-state index is 9.09. The highest BCUT2D eigenvalue weighted by Crippen LogP contribution is 2.32. The molecule has 3 aliphatic rings. The van der Waals surface area contributed by atoms with Crippen LogP contribution in [0, 0.1) is 28.6 Å². The Balaban J connectivity index is 1.35. The topological polar surface area (TPSA) is 57.5 Å². The van der Waals surface area contributed by atoms with Crippen molar-refractivity contribution in [1.82, 2.24) is 5.32 Å². The molecule has 0 bridgehead atoms. The third-order valence-electron chi connectivity index (χ3n) is 6.76. The van der Waals surface area contributed by atoms with Crippen LogP contribution in [-0.2, 0) is 9.47 Å². The maximum Gasteiger partial charge on any atom is 0.159 e. The number of anilines is 1. The number of hydrogen-bond acceptors (Lipinski definition) is 5. The maximum atomic E-state index is 9.09. The number of ether oxygens (including phenoxy) is 2. The van der Waals surface area contributed by atoms with Crippen molar-refractivity contribution in [1.29, 1.82) is 5.26 Å². The van der Waals surface area contributed by atoms with Crippen LogP contribution in [0.25, 0.3) is 0 Å². The number of hydrogen-bond donors (Lipinski definition) is 1. The van der Waals surface area contributed by atoms with E-state index in [2.05, 4.69) is 35.3 Å². The fourth-order valence-corrected chi connectivity index (χ4v) is 4.64. The molecule has 1 aliphatic carbocycles. The van der Waals surface area contributed by atoms with Crippen LogP contribution < -0.4 is 10.2 Å². The second kappa shape index (κ2) is 8.82. The van der Waals surface area contributed by atoms with Crippen LogP contribution in [0.15, 0.2) is 24.3 Å². The molecule has 0 unspecified atom stereocenters. The Hall–Kier alpha value is -1.61. The Morgan fingerprint density at radius 2 is 1.79 bits per heavy atom. The van der Waals surface area contributed by atoms with Gasteiger partial charge in [0.1, 0.15) is 0 Å². The van der Waals surface area contributed by atoms with E-state index in [4.69, 9.17) is 14.7 Å². The molecule has 1 aromatic carbocycles. The van der Waals surface area contributed by atoms with Crippen molar-refractivity contribution in [2.24, 2.45) is 17.3 Å². The minimum atomic E-state index is -0.0986. The third-order valence-corrected chi connectivity index (χ3v) is 6.76. The largest absolute Gasteiger partial charge is 0.371 e. The predicted molar refractivity (Wildman–Crippen MR) is 110 cm³/mol. The van der Waals surface area contributed by atoms with Crippen LogP contribution in [0.2, 0.25) is 0 Å². The standard InChI is InChI=1S/C23H33N3O2/c1-18-2-4-20(5-3-18)13-26(21-8-6-19(12-24)7-9-21)11-10-22-27-16-23(17-28-22)14-25-15-23/h6-9,18,20,22,25H,2-5,10-11,13-17H2,1H3. The van der Waals surface area contributed by atoms with Crippen molar-refractivity contribution in [2.75, 3.05) is 44.3 Å². The summed E-state index contributed by atoms with van der Waals surface area (Å²) in [4.78, 5) is 2.48. The van der Waals surface area contributed by atoms with Crippen molar-refractivity contribution in [3.05, 3.63) is 29.8 Å². The number of nitriles is 1. The number of benzene rings is 1. The van der Waals surface area contributed by atoms with E-state index in [0.717, 1.165) is 57.6 Å². The normalized spacial score (nSPS) is 27.1. The van der Waals surface area contributed by atoms with Gasteiger partial charge < -0.3 is 19.7 Å². The summed E-state index contributed by atoms with van der Waals surface area (Å²) in [6, 6.07) is 10.2. The lowest BCUT2D eigenvalue weighted by molar-refractivity contribution is -0.239.